The molecule has 2 heterocycles. The molecule has 0 radical (unpaired) electrons. The Hall–Kier alpha value is -3.22. The first-order valence-electron chi connectivity index (χ1n) is 7.41. The Balaban J connectivity index is 1.55. The van der Waals surface area contributed by atoms with Crippen molar-refractivity contribution in [1.82, 2.24) is 20.5 Å². The zero-order chi connectivity index (χ0) is 16.8. The van der Waals surface area contributed by atoms with E-state index in [1.165, 1.54) is 0 Å². The van der Waals surface area contributed by atoms with Gasteiger partial charge < -0.3 is 14.5 Å². The van der Waals surface area contributed by atoms with Gasteiger partial charge in [0.15, 0.2) is 0 Å². The number of rotatable bonds is 6. The van der Waals surface area contributed by atoms with Crippen LogP contribution in [0.1, 0.15) is 16.2 Å². The molecular weight excluding hydrogens is 308 g/mol. The molecule has 1 amide bonds. The third-order valence-electron chi connectivity index (χ3n) is 3.35. The fourth-order valence-electron chi connectivity index (χ4n) is 2.12. The lowest BCUT2D eigenvalue weighted by atomic mass is 10.2. The minimum atomic E-state index is -0.178. The standard InChI is InChI=1S/C17H16N4O3/c1-23-14-4-2-3-13(11-14)16(22)19-10-7-15-20-21-17(24-15)12-5-8-18-9-6-12/h2-6,8-9,11H,7,10H2,1H3,(H,19,22). The van der Waals surface area contributed by atoms with E-state index in [0.717, 1.165) is 5.56 Å². The molecule has 0 fully saturated rings. The van der Waals surface area contributed by atoms with Crippen LogP contribution < -0.4 is 10.1 Å². The molecule has 0 unspecified atom stereocenters. The van der Waals surface area contributed by atoms with E-state index in [4.69, 9.17) is 9.15 Å². The number of hydrogen-bond acceptors (Lipinski definition) is 6. The van der Waals surface area contributed by atoms with E-state index in [9.17, 15) is 4.79 Å². The Morgan fingerprint density at radius 3 is 2.83 bits per heavy atom. The lowest BCUT2D eigenvalue weighted by molar-refractivity contribution is 0.0953. The fourth-order valence-corrected chi connectivity index (χ4v) is 2.12. The van der Waals surface area contributed by atoms with Crippen LogP contribution >= 0.6 is 0 Å². The van der Waals surface area contributed by atoms with E-state index >= 15 is 0 Å². The maximum absolute atomic E-state index is 12.1. The minimum Gasteiger partial charge on any atom is -0.497 e. The third kappa shape index (κ3) is 3.75. The second-order valence-electron chi connectivity index (χ2n) is 4.97. The number of carbonyl (C=O) groups is 1. The molecule has 7 nitrogen and oxygen atoms in total. The molecule has 0 aliphatic rings. The molecular formula is C17H16N4O3. The van der Waals surface area contributed by atoms with Crippen molar-refractivity contribution < 1.29 is 13.9 Å². The molecule has 1 aromatic carbocycles. The van der Waals surface area contributed by atoms with Gasteiger partial charge in [0.1, 0.15) is 5.75 Å². The van der Waals surface area contributed by atoms with Crippen LogP contribution in [0.15, 0.2) is 53.2 Å². The van der Waals surface area contributed by atoms with E-state index in [0.29, 0.717) is 36.1 Å². The molecule has 0 bridgehead atoms. The molecule has 3 rings (SSSR count). The number of nitrogens with zero attached hydrogens (tertiary/aromatic N) is 3. The van der Waals surface area contributed by atoms with Gasteiger partial charge in [-0.3, -0.25) is 9.78 Å². The number of nitrogens with one attached hydrogen (secondary N) is 1. The summed E-state index contributed by atoms with van der Waals surface area (Å²) in [5, 5.41) is 10.8. The molecule has 0 saturated heterocycles. The average molecular weight is 324 g/mol. The Morgan fingerprint density at radius 2 is 2.04 bits per heavy atom. The summed E-state index contributed by atoms with van der Waals surface area (Å²) in [7, 11) is 1.56. The van der Waals surface area contributed by atoms with Gasteiger partial charge in [-0.2, -0.15) is 0 Å². The van der Waals surface area contributed by atoms with Crippen molar-refractivity contribution in [1.29, 1.82) is 0 Å². The van der Waals surface area contributed by atoms with Crippen LogP contribution in [0.25, 0.3) is 11.5 Å². The van der Waals surface area contributed by atoms with Crippen molar-refractivity contribution in [3.8, 4) is 17.2 Å². The topological polar surface area (TPSA) is 90.1 Å². The van der Waals surface area contributed by atoms with Crippen LogP contribution in [0, 0.1) is 0 Å². The van der Waals surface area contributed by atoms with Gasteiger partial charge in [0.2, 0.25) is 11.8 Å². The Labute approximate surface area is 138 Å². The van der Waals surface area contributed by atoms with Gasteiger partial charge in [-0.15, -0.1) is 10.2 Å². The molecule has 1 N–H and O–H groups in total. The molecule has 0 saturated carbocycles. The number of pyridine rings is 1. The first kappa shape index (κ1) is 15.7. The molecule has 0 aliphatic carbocycles. The Morgan fingerprint density at radius 1 is 1.21 bits per heavy atom. The van der Waals surface area contributed by atoms with Crippen LogP contribution in [-0.2, 0) is 6.42 Å². The first-order chi connectivity index (χ1) is 11.8. The van der Waals surface area contributed by atoms with Gasteiger partial charge in [-0.05, 0) is 30.3 Å². The van der Waals surface area contributed by atoms with Crippen molar-refractivity contribution in [2.45, 2.75) is 6.42 Å². The molecule has 2 aromatic heterocycles. The average Bonchev–Trinajstić information content (AvgIpc) is 3.11. The zero-order valence-electron chi connectivity index (χ0n) is 13.1. The smallest absolute Gasteiger partial charge is 0.251 e. The molecule has 0 spiro atoms. The summed E-state index contributed by atoms with van der Waals surface area (Å²) in [6.45, 7) is 0.397. The summed E-state index contributed by atoms with van der Waals surface area (Å²) in [6, 6.07) is 10.6. The fraction of sp³-hybridized carbons (Fsp3) is 0.176. The minimum absolute atomic E-state index is 0.178. The maximum atomic E-state index is 12.1. The van der Waals surface area contributed by atoms with Crippen molar-refractivity contribution in [2.75, 3.05) is 13.7 Å². The van der Waals surface area contributed by atoms with Gasteiger partial charge in [-0.1, -0.05) is 6.07 Å². The van der Waals surface area contributed by atoms with Gasteiger partial charge >= 0.3 is 0 Å². The number of hydrogen-bond donors (Lipinski definition) is 1. The number of carbonyl (C=O) groups excluding carboxylic acids is 1. The van der Waals surface area contributed by atoms with E-state index in [1.54, 1.807) is 55.9 Å². The second-order valence-corrected chi connectivity index (χ2v) is 4.97. The number of aromatic nitrogens is 3. The summed E-state index contributed by atoms with van der Waals surface area (Å²) in [6.07, 6.45) is 3.77. The van der Waals surface area contributed by atoms with Crippen LogP contribution in [0.2, 0.25) is 0 Å². The number of amides is 1. The van der Waals surface area contributed by atoms with Gasteiger partial charge in [0.25, 0.3) is 5.91 Å². The molecule has 24 heavy (non-hydrogen) atoms. The first-order valence-corrected chi connectivity index (χ1v) is 7.41. The third-order valence-corrected chi connectivity index (χ3v) is 3.35. The zero-order valence-corrected chi connectivity index (χ0v) is 13.1. The lowest BCUT2D eigenvalue weighted by Crippen LogP contribution is -2.25. The molecule has 3 aromatic rings. The van der Waals surface area contributed by atoms with E-state index in [2.05, 4.69) is 20.5 Å². The normalized spacial score (nSPS) is 10.4. The van der Waals surface area contributed by atoms with E-state index in [1.807, 2.05) is 0 Å². The highest BCUT2D eigenvalue weighted by molar-refractivity contribution is 5.94. The van der Waals surface area contributed by atoms with Crippen molar-refractivity contribution in [3.05, 3.63) is 60.2 Å². The number of methoxy groups -OCH3 is 1. The highest BCUT2D eigenvalue weighted by Crippen LogP contribution is 2.16. The summed E-state index contributed by atoms with van der Waals surface area (Å²) < 4.78 is 10.7. The molecule has 7 heteroatoms. The molecule has 0 aliphatic heterocycles. The monoisotopic (exact) mass is 324 g/mol. The maximum Gasteiger partial charge on any atom is 0.251 e. The van der Waals surface area contributed by atoms with Crippen LogP contribution in [0.3, 0.4) is 0 Å². The van der Waals surface area contributed by atoms with Crippen LogP contribution in [-0.4, -0.2) is 34.7 Å². The Kier molecular flexibility index (Phi) is 4.81. The highest BCUT2D eigenvalue weighted by Gasteiger charge is 2.10. The summed E-state index contributed by atoms with van der Waals surface area (Å²) >= 11 is 0. The highest BCUT2D eigenvalue weighted by atomic mass is 16.5. The summed E-state index contributed by atoms with van der Waals surface area (Å²) in [5.74, 6) is 1.36. The van der Waals surface area contributed by atoms with Crippen molar-refractivity contribution in [3.63, 3.8) is 0 Å². The lowest BCUT2D eigenvalue weighted by Gasteiger charge is -2.05. The van der Waals surface area contributed by atoms with Gasteiger partial charge in [-0.25, -0.2) is 0 Å². The van der Waals surface area contributed by atoms with Gasteiger partial charge in [0.05, 0.1) is 7.11 Å². The van der Waals surface area contributed by atoms with E-state index < -0.39 is 0 Å². The molecule has 0 atom stereocenters. The van der Waals surface area contributed by atoms with Crippen LogP contribution in [0.4, 0.5) is 0 Å². The predicted molar refractivity (Wildman–Crippen MR) is 86.6 cm³/mol. The second kappa shape index (κ2) is 7.36. The Bertz CT molecular complexity index is 817. The predicted octanol–water partition coefficient (Wildman–Crippen LogP) is 2.11. The largest absolute Gasteiger partial charge is 0.497 e. The summed E-state index contributed by atoms with van der Waals surface area (Å²) in [5.41, 5.74) is 1.35. The molecule has 122 valence electrons. The number of ether oxygens (including phenoxy) is 1. The SMILES string of the molecule is COc1cccc(C(=O)NCCc2nnc(-c3ccncc3)o2)c1. The quantitative estimate of drug-likeness (QED) is 0.747. The van der Waals surface area contributed by atoms with E-state index in [-0.39, 0.29) is 5.91 Å². The van der Waals surface area contributed by atoms with Crippen molar-refractivity contribution >= 4 is 5.91 Å². The summed E-state index contributed by atoms with van der Waals surface area (Å²) in [4.78, 5) is 16.0. The van der Waals surface area contributed by atoms with Crippen molar-refractivity contribution in [2.24, 2.45) is 0 Å². The van der Waals surface area contributed by atoms with Crippen LogP contribution in [0.5, 0.6) is 5.75 Å². The van der Waals surface area contributed by atoms with Gasteiger partial charge in [0, 0.05) is 36.5 Å². The number of benzene rings is 1.